The van der Waals surface area contributed by atoms with Gasteiger partial charge in [-0.1, -0.05) is 29.8 Å². The Kier molecular flexibility index (Phi) is 6.10. The van der Waals surface area contributed by atoms with Gasteiger partial charge in [0.2, 0.25) is 0 Å². The van der Waals surface area contributed by atoms with Crippen molar-refractivity contribution in [3.8, 4) is 28.6 Å². The normalized spacial score (nSPS) is 10.4. The van der Waals surface area contributed by atoms with E-state index in [0.29, 0.717) is 22.0 Å². The molecule has 0 bridgehead atoms. The summed E-state index contributed by atoms with van der Waals surface area (Å²) in [6, 6.07) is 21.6. The lowest BCUT2D eigenvalue weighted by Gasteiger charge is -2.08. The van der Waals surface area contributed by atoms with Crippen molar-refractivity contribution in [2.24, 2.45) is 0 Å². The zero-order valence-corrected chi connectivity index (χ0v) is 17.3. The van der Waals surface area contributed by atoms with Crippen LogP contribution in [0.3, 0.4) is 0 Å². The standard InChI is InChI=1S/C24H18ClN3O3/c1-30-21-9-11-22(12-10-21)31-24-26-14-18(15-27-24)16-5-7-17(8-6-16)23(29)28-20-4-2-3-19(25)13-20/h2-15H,1H3,(H,28,29). The Morgan fingerprint density at radius 2 is 1.55 bits per heavy atom. The highest BCUT2D eigenvalue weighted by atomic mass is 35.5. The monoisotopic (exact) mass is 431 g/mol. The third-order valence-electron chi connectivity index (χ3n) is 4.46. The molecule has 154 valence electrons. The third kappa shape index (κ3) is 5.18. The van der Waals surface area contributed by atoms with E-state index < -0.39 is 0 Å². The Morgan fingerprint density at radius 1 is 0.871 bits per heavy atom. The molecular weight excluding hydrogens is 414 g/mol. The molecule has 3 aromatic carbocycles. The second-order valence-corrected chi connectivity index (χ2v) is 7.01. The maximum atomic E-state index is 12.4. The van der Waals surface area contributed by atoms with Crippen molar-refractivity contribution in [2.75, 3.05) is 12.4 Å². The van der Waals surface area contributed by atoms with Gasteiger partial charge in [0.15, 0.2) is 0 Å². The molecule has 0 aliphatic rings. The van der Waals surface area contributed by atoms with E-state index in [1.54, 1.807) is 80.2 Å². The van der Waals surface area contributed by atoms with E-state index in [9.17, 15) is 4.79 Å². The summed E-state index contributed by atoms with van der Waals surface area (Å²) in [5.41, 5.74) is 2.87. The molecule has 0 aliphatic carbocycles. The maximum absolute atomic E-state index is 12.4. The number of ether oxygens (including phenoxy) is 2. The van der Waals surface area contributed by atoms with Crippen molar-refractivity contribution in [1.29, 1.82) is 0 Å². The Labute approximate surface area is 184 Å². The number of carbonyl (C=O) groups is 1. The topological polar surface area (TPSA) is 73.3 Å². The number of aromatic nitrogens is 2. The lowest BCUT2D eigenvalue weighted by atomic mass is 10.1. The highest BCUT2D eigenvalue weighted by Crippen LogP contribution is 2.24. The predicted molar refractivity (Wildman–Crippen MR) is 120 cm³/mol. The first-order chi connectivity index (χ1) is 15.1. The Morgan fingerprint density at radius 3 is 2.19 bits per heavy atom. The van der Waals surface area contributed by atoms with Crippen LogP contribution < -0.4 is 14.8 Å². The minimum Gasteiger partial charge on any atom is -0.497 e. The molecule has 1 aromatic heterocycles. The average molecular weight is 432 g/mol. The molecule has 0 unspecified atom stereocenters. The number of hydrogen-bond acceptors (Lipinski definition) is 5. The molecule has 0 saturated heterocycles. The van der Waals surface area contributed by atoms with E-state index in [1.165, 1.54) is 0 Å². The number of halogens is 1. The molecule has 0 fully saturated rings. The fraction of sp³-hybridized carbons (Fsp3) is 0.0417. The van der Waals surface area contributed by atoms with Gasteiger partial charge in [-0.2, -0.15) is 0 Å². The molecule has 0 aliphatic heterocycles. The van der Waals surface area contributed by atoms with Crippen molar-refractivity contribution in [1.82, 2.24) is 9.97 Å². The average Bonchev–Trinajstić information content (AvgIpc) is 2.80. The molecule has 0 spiro atoms. The quantitative estimate of drug-likeness (QED) is 0.414. The maximum Gasteiger partial charge on any atom is 0.321 e. The van der Waals surface area contributed by atoms with E-state index in [1.807, 2.05) is 12.1 Å². The lowest BCUT2D eigenvalue weighted by Crippen LogP contribution is -2.11. The number of anilines is 1. The van der Waals surface area contributed by atoms with Crippen LogP contribution in [0, 0.1) is 0 Å². The van der Waals surface area contributed by atoms with Gasteiger partial charge in [0, 0.05) is 34.2 Å². The molecule has 0 radical (unpaired) electrons. The largest absolute Gasteiger partial charge is 0.497 e. The number of nitrogens with zero attached hydrogens (tertiary/aromatic N) is 2. The second kappa shape index (κ2) is 9.28. The number of nitrogens with one attached hydrogen (secondary N) is 1. The summed E-state index contributed by atoms with van der Waals surface area (Å²) in [6.07, 6.45) is 3.35. The molecular formula is C24H18ClN3O3. The first-order valence-corrected chi connectivity index (χ1v) is 9.80. The van der Waals surface area contributed by atoms with E-state index in [2.05, 4.69) is 15.3 Å². The number of methoxy groups -OCH3 is 1. The molecule has 4 rings (SSSR count). The van der Waals surface area contributed by atoms with Gasteiger partial charge in [0.1, 0.15) is 11.5 Å². The van der Waals surface area contributed by atoms with E-state index in [0.717, 1.165) is 16.9 Å². The second-order valence-electron chi connectivity index (χ2n) is 6.57. The molecule has 1 heterocycles. The molecule has 0 saturated carbocycles. The minimum atomic E-state index is -0.215. The first kappa shape index (κ1) is 20.4. The zero-order chi connectivity index (χ0) is 21.6. The molecule has 0 atom stereocenters. The first-order valence-electron chi connectivity index (χ1n) is 9.42. The number of hydrogen-bond donors (Lipinski definition) is 1. The molecule has 1 amide bonds. The molecule has 6 nitrogen and oxygen atoms in total. The molecule has 7 heteroatoms. The van der Waals surface area contributed by atoms with Crippen molar-refractivity contribution in [3.63, 3.8) is 0 Å². The SMILES string of the molecule is COc1ccc(Oc2ncc(-c3ccc(C(=O)Nc4cccc(Cl)c4)cc3)cn2)cc1. The van der Waals surface area contributed by atoms with Crippen molar-refractivity contribution < 1.29 is 14.3 Å². The van der Waals surface area contributed by atoms with Gasteiger partial charge in [-0.3, -0.25) is 4.79 Å². The predicted octanol–water partition coefficient (Wildman–Crippen LogP) is 5.85. The highest BCUT2D eigenvalue weighted by Gasteiger charge is 2.08. The molecule has 4 aromatic rings. The van der Waals surface area contributed by atoms with E-state index in [4.69, 9.17) is 21.1 Å². The Bertz CT molecular complexity index is 1180. The summed E-state index contributed by atoms with van der Waals surface area (Å²) >= 11 is 5.95. The molecule has 1 N–H and O–H groups in total. The van der Waals surface area contributed by atoms with Crippen LogP contribution in [0.1, 0.15) is 10.4 Å². The fourth-order valence-corrected chi connectivity index (χ4v) is 3.04. The van der Waals surface area contributed by atoms with Crippen LogP contribution in [-0.4, -0.2) is 23.0 Å². The van der Waals surface area contributed by atoms with Crippen LogP contribution in [0.2, 0.25) is 5.02 Å². The van der Waals surface area contributed by atoms with E-state index >= 15 is 0 Å². The summed E-state index contributed by atoms with van der Waals surface area (Å²) in [6.45, 7) is 0. The van der Waals surface area contributed by atoms with Crippen LogP contribution in [0.25, 0.3) is 11.1 Å². The minimum absolute atomic E-state index is 0.215. The molecule has 31 heavy (non-hydrogen) atoms. The van der Waals surface area contributed by atoms with Gasteiger partial charge >= 0.3 is 6.01 Å². The summed E-state index contributed by atoms with van der Waals surface area (Å²) in [5.74, 6) is 1.14. The van der Waals surface area contributed by atoms with Gasteiger partial charge in [0.25, 0.3) is 5.91 Å². The highest BCUT2D eigenvalue weighted by molar-refractivity contribution is 6.31. The smallest absolute Gasteiger partial charge is 0.321 e. The van der Waals surface area contributed by atoms with Gasteiger partial charge in [-0.15, -0.1) is 0 Å². The van der Waals surface area contributed by atoms with Crippen molar-refractivity contribution >= 4 is 23.2 Å². The van der Waals surface area contributed by atoms with E-state index in [-0.39, 0.29) is 11.9 Å². The number of rotatable bonds is 6. The van der Waals surface area contributed by atoms with Gasteiger partial charge in [-0.25, -0.2) is 9.97 Å². The summed E-state index contributed by atoms with van der Waals surface area (Å²) < 4.78 is 10.8. The third-order valence-corrected chi connectivity index (χ3v) is 4.69. The summed E-state index contributed by atoms with van der Waals surface area (Å²) in [5, 5.41) is 3.39. The van der Waals surface area contributed by atoms with Crippen molar-refractivity contribution in [3.05, 3.63) is 95.8 Å². The van der Waals surface area contributed by atoms with Gasteiger partial charge in [-0.05, 0) is 60.2 Å². The summed E-state index contributed by atoms with van der Waals surface area (Å²) in [7, 11) is 1.61. The van der Waals surface area contributed by atoms with Gasteiger partial charge < -0.3 is 14.8 Å². The zero-order valence-electron chi connectivity index (χ0n) is 16.6. The van der Waals surface area contributed by atoms with Crippen LogP contribution in [0.5, 0.6) is 17.5 Å². The van der Waals surface area contributed by atoms with Crippen molar-refractivity contribution in [2.45, 2.75) is 0 Å². The number of benzene rings is 3. The Balaban J connectivity index is 1.41. The fourth-order valence-electron chi connectivity index (χ4n) is 2.85. The Hall–Kier alpha value is -3.90. The lowest BCUT2D eigenvalue weighted by molar-refractivity contribution is 0.102. The number of amides is 1. The van der Waals surface area contributed by atoms with Crippen LogP contribution in [-0.2, 0) is 0 Å². The van der Waals surface area contributed by atoms with Crippen LogP contribution in [0.4, 0.5) is 5.69 Å². The van der Waals surface area contributed by atoms with Crippen LogP contribution in [0.15, 0.2) is 85.2 Å². The van der Waals surface area contributed by atoms with Gasteiger partial charge in [0.05, 0.1) is 7.11 Å². The summed E-state index contributed by atoms with van der Waals surface area (Å²) in [4.78, 5) is 20.9. The number of carbonyl (C=O) groups excluding carboxylic acids is 1. The van der Waals surface area contributed by atoms with Crippen LogP contribution >= 0.6 is 11.6 Å².